The molecular formula is C3H8O2SSi. The third-order valence-electron chi connectivity index (χ3n) is 0.224. The van der Waals surface area contributed by atoms with Gasteiger partial charge in [0.2, 0.25) is 0 Å². The molecule has 0 unspecified atom stereocenters. The fourth-order valence-corrected chi connectivity index (χ4v) is 0. The minimum atomic E-state index is -1.42. The number of rotatable bonds is 1. The van der Waals surface area contributed by atoms with E-state index in [2.05, 4.69) is 19.6 Å². The highest BCUT2D eigenvalue weighted by atomic mass is 32.1. The Balaban J connectivity index is 0. The van der Waals surface area contributed by atoms with Crippen LogP contribution in [-0.4, -0.2) is 15.0 Å². The first kappa shape index (κ1) is 10.2. The zero-order chi connectivity index (χ0) is 6.12. The average Bonchev–Trinajstić information content (AvgIpc) is 1.69. The Bertz CT molecular complexity index is 48.9. The van der Waals surface area contributed by atoms with Crippen LogP contribution in [-0.2, 0) is 8.92 Å². The zero-order valence-corrected chi connectivity index (χ0v) is 6.07. The van der Waals surface area contributed by atoms with E-state index < -0.39 is 9.29 Å². The van der Waals surface area contributed by atoms with E-state index in [1.807, 2.05) is 0 Å². The maximum Gasteiger partial charge on any atom is 0.549 e. The molecule has 0 N–H and O–H groups in total. The molecule has 0 fully saturated rings. The molecule has 0 heterocycles. The molecule has 4 heteroatoms. The van der Waals surface area contributed by atoms with Crippen molar-refractivity contribution in [2.24, 2.45) is 0 Å². The van der Waals surface area contributed by atoms with Gasteiger partial charge in [0.25, 0.3) is 0 Å². The van der Waals surface area contributed by atoms with Crippen LogP contribution in [0.3, 0.4) is 0 Å². The van der Waals surface area contributed by atoms with Crippen molar-refractivity contribution in [3.8, 4) is 0 Å². The Hall–Kier alpha value is 0.167. The van der Waals surface area contributed by atoms with E-state index in [0.717, 1.165) is 5.75 Å². The molecule has 0 aliphatic heterocycles. The van der Waals surface area contributed by atoms with Crippen molar-refractivity contribution in [1.82, 2.24) is 0 Å². The van der Waals surface area contributed by atoms with E-state index in [1.165, 1.54) is 6.42 Å². The zero-order valence-electron chi connectivity index (χ0n) is 4.18. The summed E-state index contributed by atoms with van der Waals surface area (Å²) in [5.41, 5.74) is 0. The monoisotopic (exact) mass is 136 g/mol. The second-order valence-corrected chi connectivity index (χ2v) is 1.42. The van der Waals surface area contributed by atoms with Crippen LogP contribution < -0.4 is 0 Å². The van der Waals surface area contributed by atoms with Crippen LogP contribution in [0.1, 0.15) is 13.3 Å². The quantitative estimate of drug-likeness (QED) is 0.425. The molecule has 2 nitrogen and oxygen atoms in total. The minimum Gasteiger partial charge on any atom is -0.274 e. The van der Waals surface area contributed by atoms with Gasteiger partial charge < -0.3 is 0 Å². The summed E-state index contributed by atoms with van der Waals surface area (Å²) < 4.78 is 16.8. The van der Waals surface area contributed by atoms with Crippen LogP contribution in [0.25, 0.3) is 0 Å². The number of thiol groups is 1. The summed E-state index contributed by atoms with van der Waals surface area (Å²) in [6.45, 7) is 2.10. The van der Waals surface area contributed by atoms with Crippen LogP contribution >= 0.6 is 12.6 Å². The van der Waals surface area contributed by atoms with Crippen molar-refractivity contribution in [3.63, 3.8) is 0 Å². The van der Waals surface area contributed by atoms with Crippen molar-refractivity contribution < 1.29 is 8.92 Å². The lowest BCUT2D eigenvalue weighted by molar-refractivity contribution is 0.497. The van der Waals surface area contributed by atoms with E-state index in [0.29, 0.717) is 0 Å². The topological polar surface area (TPSA) is 34.1 Å². The molecule has 0 spiro atoms. The Morgan fingerprint density at radius 1 is 1.57 bits per heavy atom. The largest absolute Gasteiger partial charge is 0.549 e. The Labute approximate surface area is 50.7 Å². The first-order valence-corrected chi connectivity index (χ1v) is 3.38. The Morgan fingerprint density at radius 3 is 1.71 bits per heavy atom. The molecule has 0 aromatic heterocycles. The average molecular weight is 136 g/mol. The van der Waals surface area contributed by atoms with E-state index in [1.54, 1.807) is 0 Å². The maximum absolute atomic E-state index is 8.40. The van der Waals surface area contributed by atoms with Gasteiger partial charge in [-0.2, -0.15) is 12.6 Å². The standard InChI is InChI=1S/C3H8S.O2Si/c1-2-3-4;1-3-2/h4H,2-3H2,1H3;. The Kier molecular flexibility index (Phi) is 23.9. The van der Waals surface area contributed by atoms with Gasteiger partial charge in [0.1, 0.15) is 0 Å². The van der Waals surface area contributed by atoms with E-state index in [9.17, 15) is 0 Å². The van der Waals surface area contributed by atoms with Crippen molar-refractivity contribution in [1.29, 1.82) is 0 Å². The van der Waals surface area contributed by atoms with Gasteiger partial charge in [-0.15, -0.1) is 0 Å². The van der Waals surface area contributed by atoms with Crippen LogP contribution in [0.2, 0.25) is 0 Å². The second kappa shape index (κ2) is 16.4. The SMILES string of the molecule is CCCS.O=[Si]=O. The molecule has 0 aliphatic rings. The molecule has 0 amide bonds. The number of hydrogen-bond acceptors (Lipinski definition) is 3. The molecule has 0 aromatic rings. The van der Waals surface area contributed by atoms with Crippen LogP contribution in [0, 0.1) is 0 Å². The van der Waals surface area contributed by atoms with Crippen molar-refractivity contribution in [2.45, 2.75) is 13.3 Å². The second-order valence-electron chi connectivity index (χ2n) is 0.807. The van der Waals surface area contributed by atoms with E-state index in [-0.39, 0.29) is 0 Å². The van der Waals surface area contributed by atoms with Crippen LogP contribution in [0.5, 0.6) is 0 Å². The lowest BCUT2D eigenvalue weighted by atomic mass is 10.6. The normalized spacial score (nSPS) is 5.43. The molecule has 7 heavy (non-hydrogen) atoms. The fraction of sp³-hybridized carbons (Fsp3) is 1.00. The molecule has 0 saturated heterocycles. The van der Waals surface area contributed by atoms with Gasteiger partial charge >= 0.3 is 9.29 Å². The molecule has 0 rings (SSSR count). The van der Waals surface area contributed by atoms with E-state index >= 15 is 0 Å². The molecule has 0 radical (unpaired) electrons. The summed E-state index contributed by atoms with van der Waals surface area (Å²) in [4.78, 5) is 0. The Morgan fingerprint density at radius 2 is 1.71 bits per heavy atom. The molecule has 0 aliphatic carbocycles. The third-order valence-corrected chi connectivity index (χ3v) is 0.671. The summed E-state index contributed by atoms with van der Waals surface area (Å²) in [6, 6.07) is 0. The lowest BCUT2D eigenvalue weighted by Gasteiger charge is -1.67. The summed E-state index contributed by atoms with van der Waals surface area (Å²) in [7, 11) is -1.42. The highest BCUT2D eigenvalue weighted by Gasteiger charge is 1.57. The molecule has 0 bridgehead atoms. The summed E-state index contributed by atoms with van der Waals surface area (Å²) in [5.74, 6) is 1.01. The van der Waals surface area contributed by atoms with Gasteiger partial charge in [0.15, 0.2) is 0 Å². The van der Waals surface area contributed by atoms with Gasteiger partial charge in [0, 0.05) is 0 Å². The van der Waals surface area contributed by atoms with Crippen LogP contribution in [0.4, 0.5) is 0 Å². The van der Waals surface area contributed by atoms with Crippen LogP contribution in [0.15, 0.2) is 0 Å². The minimum absolute atomic E-state index is 1.01. The van der Waals surface area contributed by atoms with Gasteiger partial charge in [0.05, 0.1) is 0 Å². The molecular weight excluding hydrogens is 128 g/mol. The first-order chi connectivity index (χ1) is 3.33. The lowest BCUT2D eigenvalue weighted by Crippen LogP contribution is -1.56. The van der Waals surface area contributed by atoms with Gasteiger partial charge in [-0.05, 0) is 12.2 Å². The van der Waals surface area contributed by atoms with Gasteiger partial charge in [-0.25, -0.2) is 0 Å². The predicted octanol–water partition coefficient (Wildman–Crippen LogP) is 0.708. The predicted molar refractivity (Wildman–Crippen MR) is 31.3 cm³/mol. The highest BCUT2D eigenvalue weighted by molar-refractivity contribution is 7.80. The molecule has 0 aromatic carbocycles. The van der Waals surface area contributed by atoms with Crippen molar-refractivity contribution in [2.75, 3.05) is 5.75 Å². The number of hydrogen-bond donors (Lipinski definition) is 1. The van der Waals surface area contributed by atoms with Crippen molar-refractivity contribution in [3.05, 3.63) is 0 Å². The van der Waals surface area contributed by atoms with E-state index in [4.69, 9.17) is 8.92 Å². The smallest absolute Gasteiger partial charge is 0.274 e. The van der Waals surface area contributed by atoms with Gasteiger partial charge in [-0.3, -0.25) is 8.92 Å². The summed E-state index contributed by atoms with van der Waals surface area (Å²) >= 11 is 3.92. The first-order valence-electron chi connectivity index (χ1n) is 1.93. The summed E-state index contributed by atoms with van der Waals surface area (Å²) in [5, 5.41) is 0. The highest BCUT2D eigenvalue weighted by Crippen LogP contribution is 1.74. The molecule has 0 atom stereocenters. The summed E-state index contributed by atoms with van der Waals surface area (Å²) in [6.07, 6.45) is 1.18. The fourth-order valence-electron chi connectivity index (χ4n) is 0. The molecule has 42 valence electrons. The molecule has 0 saturated carbocycles. The van der Waals surface area contributed by atoms with Gasteiger partial charge in [-0.1, -0.05) is 6.92 Å². The van der Waals surface area contributed by atoms with Crippen molar-refractivity contribution >= 4 is 21.9 Å². The maximum atomic E-state index is 8.40. The third kappa shape index (κ3) is 78.6.